The molecule has 1 aliphatic rings. The van der Waals surface area contributed by atoms with Gasteiger partial charge in [-0.05, 0) is 37.5 Å². The molecule has 4 atom stereocenters. The van der Waals surface area contributed by atoms with Crippen molar-refractivity contribution in [3.8, 4) is 17.0 Å². The van der Waals surface area contributed by atoms with Crippen LogP contribution in [0.25, 0.3) is 16.9 Å². The highest BCUT2D eigenvalue weighted by Gasteiger charge is 2.39. The molecule has 3 aromatic rings. The van der Waals surface area contributed by atoms with Crippen molar-refractivity contribution in [3.63, 3.8) is 0 Å². The smallest absolute Gasteiger partial charge is 0.387 e. The van der Waals surface area contributed by atoms with E-state index in [1.54, 1.807) is 35.0 Å². The van der Waals surface area contributed by atoms with Gasteiger partial charge in [0.25, 0.3) is 0 Å². The zero-order valence-electron chi connectivity index (χ0n) is 14.7. The highest BCUT2D eigenvalue weighted by Crippen LogP contribution is 2.29. The van der Waals surface area contributed by atoms with Crippen LogP contribution in [0.5, 0.6) is 5.75 Å². The minimum absolute atomic E-state index is 0.0421. The molecule has 28 heavy (non-hydrogen) atoms. The number of fused-ring (bicyclic) bond motifs is 1. The van der Waals surface area contributed by atoms with Crippen LogP contribution in [-0.2, 0) is 0 Å². The second-order valence-electron chi connectivity index (χ2n) is 6.76. The minimum Gasteiger partial charge on any atom is -0.435 e. The molecule has 2 aromatic heterocycles. The van der Waals surface area contributed by atoms with Gasteiger partial charge in [-0.3, -0.25) is 0 Å². The number of anilines is 1. The van der Waals surface area contributed by atoms with Gasteiger partial charge in [0.1, 0.15) is 17.7 Å². The van der Waals surface area contributed by atoms with E-state index in [-0.39, 0.29) is 17.7 Å². The third-order valence-electron chi connectivity index (χ3n) is 4.85. The lowest BCUT2D eigenvalue weighted by molar-refractivity contribution is -0.0498. The number of aliphatic hydroxyl groups excluding tert-OH is 2. The van der Waals surface area contributed by atoms with Crippen LogP contribution in [0.4, 0.5) is 14.6 Å². The first-order valence-corrected chi connectivity index (χ1v) is 8.78. The monoisotopic (exact) mass is 389 g/mol. The van der Waals surface area contributed by atoms with Crippen molar-refractivity contribution in [3.05, 3.63) is 49.5 Å². The molecular formula is C19H19F2N4O3. The van der Waals surface area contributed by atoms with Crippen LogP contribution in [0.3, 0.4) is 0 Å². The van der Waals surface area contributed by atoms with E-state index in [9.17, 15) is 19.0 Å². The summed E-state index contributed by atoms with van der Waals surface area (Å²) in [6, 6.07) is 9.31. The van der Waals surface area contributed by atoms with Gasteiger partial charge >= 0.3 is 6.61 Å². The van der Waals surface area contributed by atoms with E-state index in [0.29, 0.717) is 29.1 Å². The molecule has 0 spiro atoms. The number of halogens is 2. The Balaban J connectivity index is 1.64. The summed E-state index contributed by atoms with van der Waals surface area (Å²) in [5.41, 5.74) is 1.67. The molecule has 3 N–H and O–H groups in total. The molecule has 1 aliphatic carbocycles. The van der Waals surface area contributed by atoms with Gasteiger partial charge in [-0.15, -0.1) is 0 Å². The Hall–Kier alpha value is -2.78. The summed E-state index contributed by atoms with van der Waals surface area (Å²) in [4.78, 5) is 4.27. The van der Waals surface area contributed by atoms with Crippen molar-refractivity contribution in [2.45, 2.75) is 31.3 Å². The van der Waals surface area contributed by atoms with E-state index in [1.807, 2.05) is 0 Å². The summed E-state index contributed by atoms with van der Waals surface area (Å²) < 4.78 is 30.9. The molecule has 0 unspecified atom stereocenters. The quantitative estimate of drug-likeness (QED) is 0.621. The maximum atomic E-state index is 12.5. The molecule has 0 bridgehead atoms. The summed E-state index contributed by atoms with van der Waals surface area (Å²) in [5.74, 6) is 0.359. The fraction of sp³-hybridized carbons (Fsp3) is 0.316. The number of ether oxygens (including phenoxy) is 1. The zero-order valence-corrected chi connectivity index (χ0v) is 14.7. The highest BCUT2D eigenvalue weighted by molar-refractivity contribution is 5.66. The lowest BCUT2D eigenvalue weighted by Crippen LogP contribution is -2.35. The number of benzene rings is 1. The summed E-state index contributed by atoms with van der Waals surface area (Å²) in [7, 11) is 0. The lowest BCUT2D eigenvalue weighted by atomic mass is 10.1. The number of aliphatic hydroxyl groups is 2. The Kier molecular flexibility index (Phi) is 4.86. The van der Waals surface area contributed by atoms with Gasteiger partial charge in [0, 0.05) is 17.8 Å². The average molecular weight is 389 g/mol. The van der Waals surface area contributed by atoms with Gasteiger partial charge in [0.2, 0.25) is 0 Å². The molecule has 1 fully saturated rings. The molecule has 1 radical (unpaired) electrons. The first kappa shape index (κ1) is 18.6. The van der Waals surface area contributed by atoms with Crippen molar-refractivity contribution in [1.82, 2.24) is 14.6 Å². The Morgan fingerprint density at radius 3 is 2.75 bits per heavy atom. The van der Waals surface area contributed by atoms with Gasteiger partial charge in [0.15, 0.2) is 5.65 Å². The van der Waals surface area contributed by atoms with Gasteiger partial charge < -0.3 is 20.3 Å². The first-order chi connectivity index (χ1) is 13.4. The van der Waals surface area contributed by atoms with Crippen LogP contribution in [0.1, 0.15) is 6.42 Å². The first-order valence-electron chi connectivity index (χ1n) is 8.78. The highest BCUT2D eigenvalue weighted by atomic mass is 19.3. The maximum absolute atomic E-state index is 12.5. The van der Waals surface area contributed by atoms with Crippen LogP contribution >= 0.6 is 0 Å². The van der Waals surface area contributed by atoms with Gasteiger partial charge in [-0.1, -0.05) is 12.1 Å². The molecule has 0 saturated heterocycles. The number of alkyl halides is 2. The number of nitrogens with one attached hydrogen (secondary N) is 1. The van der Waals surface area contributed by atoms with Crippen LogP contribution < -0.4 is 10.1 Å². The molecule has 147 valence electrons. The molecule has 7 nitrogen and oxygen atoms in total. The van der Waals surface area contributed by atoms with Crippen LogP contribution in [0, 0.1) is 12.8 Å². The molecule has 2 heterocycles. The molecule has 0 aliphatic heterocycles. The predicted octanol–water partition coefficient (Wildman–Crippen LogP) is 2.35. The van der Waals surface area contributed by atoms with Gasteiger partial charge in [0.05, 0.1) is 17.8 Å². The summed E-state index contributed by atoms with van der Waals surface area (Å²) in [6.45, 7) is 0.942. The second kappa shape index (κ2) is 7.33. The summed E-state index contributed by atoms with van der Waals surface area (Å²) in [6.07, 6.45) is 0.274. The van der Waals surface area contributed by atoms with Gasteiger partial charge in [-0.2, -0.15) is 18.4 Å². The van der Waals surface area contributed by atoms with Crippen molar-refractivity contribution in [1.29, 1.82) is 0 Å². The average Bonchev–Trinajstić information content (AvgIpc) is 3.20. The van der Waals surface area contributed by atoms with E-state index in [2.05, 4.69) is 27.1 Å². The van der Waals surface area contributed by atoms with Gasteiger partial charge in [-0.25, -0.2) is 4.98 Å². The van der Waals surface area contributed by atoms with Crippen LogP contribution in [-0.4, -0.2) is 49.7 Å². The maximum Gasteiger partial charge on any atom is 0.387 e. The fourth-order valence-electron chi connectivity index (χ4n) is 3.43. The summed E-state index contributed by atoms with van der Waals surface area (Å²) >= 11 is 0. The number of nitrogens with zero attached hydrogens (tertiary/aromatic N) is 3. The minimum atomic E-state index is -2.90. The molecule has 0 amide bonds. The zero-order chi connectivity index (χ0) is 19.8. The molecule has 4 rings (SSSR count). The number of hydrogen-bond acceptors (Lipinski definition) is 6. The predicted molar refractivity (Wildman–Crippen MR) is 97.9 cm³/mol. The van der Waals surface area contributed by atoms with E-state index in [1.165, 1.54) is 12.1 Å². The number of aromatic nitrogens is 3. The third kappa shape index (κ3) is 3.50. The van der Waals surface area contributed by atoms with E-state index >= 15 is 0 Å². The molecule has 9 heteroatoms. The standard InChI is InChI=1S/C19H19F2N4O3/c1-10-7-14(18(27)17(10)26)23-15-5-6-22-16-9-13(24-25(15)16)11-3-2-4-12(8-11)28-19(20)21/h2-6,8-10,14,17-19,23,26-27H,1,7H2/t10-,14-,17-,18+/m1/s1. The number of hydrogen-bond donors (Lipinski definition) is 3. The second-order valence-corrected chi connectivity index (χ2v) is 6.76. The Morgan fingerprint density at radius 2 is 2.04 bits per heavy atom. The van der Waals surface area contributed by atoms with Crippen LogP contribution in [0.15, 0.2) is 42.6 Å². The Labute approximate surface area is 159 Å². The molecular weight excluding hydrogens is 370 g/mol. The van der Waals surface area contributed by atoms with E-state index < -0.39 is 18.8 Å². The Bertz CT molecular complexity index is 981. The molecule has 1 saturated carbocycles. The van der Waals surface area contributed by atoms with E-state index in [4.69, 9.17) is 0 Å². The normalized spacial score (nSPS) is 24.8. The SMILES string of the molecule is [CH2][C@@H]1C[C@@H](Nc2ccnc3cc(-c4cccc(OC(F)F)c4)nn23)[C@H](O)[C@@H]1O. The van der Waals surface area contributed by atoms with Crippen molar-refractivity contribution in [2.75, 3.05) is 5.32 Å². The fourth-order valence-corrected chi connectivity index (χ4v) is 3.43. The van der Waals surface area contributed by atoms with E-state index in [0.717, 1.165) is 0 Å². The number of rotatable bonds is 5. The third-order valence-corrected chi connectivity index (χ3v) is 4.85. The Morgan fingerprint density at radius 1 is 1.21 bits per heavy atom. The van der Waals surface area contributed by atoms with Crippen molar-refractivity contribution in [2.24, 2.45) is 5.92 Å². The van der Waals surface area contributed by atoms with Crippen molar-refractivity contribution >= 4 is 11.5 Å². The lowest BCUT2D eigenvalue weighted by Gasteiger charge is -2.19. The van der Waals surface area contributed by atoms with Crippen molar-refractivity contribution < 1.29 is 23.7 Å². The van der Waals surface area contributed by atoms with Crippen LogP contribution in [0.2, 0.25) is 0 Å². The topological polar surface area (TPSA) is 91.9 Å². The summed E-state index contributed by atoms with van der Waals surface area (Å²) in [5, 5.41) is 27.8. The largest absolute Gasteiger partial charge is 0.435 e. The molecule has 1 aromatic carbocycles.